The third-order valence-corrected chi connectivity index (χ3v) is 4.37. The molecule has 0 spiro atoms. The van der Waals surface area contributed by atoms with Crippen LogP contribution in [0.15, 0.2) is 24.3 Å². The van der Waals surface area contributed by atoms with Gasteiger partial charge in [0.15, 0.2) is 0 Å². The van der Waals surface area contributed by atoms with Crippen molar-refractivity contribution in [3.05, 3.63) is 24.3 Å². The zero-order valence-corrected chi connectivity index (χ0v) is 13.2. The predicted octanol–water partition coefficient (Wildman–Crippen LogP) is 2.62. The van der Waals surface area contributed by atoms with Gasteiger partial charge in [-0.25, -0.2) is 0 Å². The molecule has 0 aromatic heterocycles. The van der Waals surface area contributed by atoms with Gasteiger partial charge in [0.05, 0.1) is 5.69 Å². The number of phenolic OH excluding ortho intramolecular Hbond substituents is 1. The standard InChI is InChI=1S/C17H24N2O3/c1-3-12(2)17(22)19-10-8-13(9-11-19)16(21)18-14-6-4-5-7-15(14)20/h4-7,12-13,20H,3,8-11H2,1-2H3,(H,18,21). The lowest BCUT2D eigenvalue weighted by atomic mass is 9.94. The van der Waals surface area contributed by atoms with E-state index in [-0.39, 0.29) is 29.4 Å². The van der Waals surface area contributed by atoms with E-state index in [2.05, 4.69) is 5.32 Å². The number of benzene rings is 1. The van der Waals surface area contributed by atoms with Crippen molar-refractivity contribution in [2.45, 2.75) is 33.1 Å². The van der Waals surface area contributed by atoms with E-state index in [1.807, 2.05) is 18.7 Å². The first-order chi connectivity index (χ1) is 10.5. The minimum Gasteiger partial charge on any atom is -0.506 e. The third-order valence-electron chi connectivity index (χ3n) is 4.37. The Bertz CT molecular complexity index is 536. The zero-order chi connectivity index (χ0) is 16.1. The Kier molecular flexibility index (Phi) is 5.41. The van der Waals surface area contributed by atoms with Crippen molar-refractivity contribution in [2.75, 3.05) is 18.4 Å². The molecular weight excluding hydrogens is 280 g/mol. The quantitative estimate of drug-likeness (QED) is 0.840. The molecule has 1 heterocycles. The Morgan fingerprint density at radius 3 is 2.55 bits per heavy atom. The van der Waals surface area contributed by atoms with Crippen molar-refractivity contribution in [3.8, 4) is 5.75 Å². The maximum Gasteiger partial charge on any atom is 0.227 e. The van der Waals surface area contributed by atoms with Gasteiger partial charge in [-0.05, 0) is 31.4 Å². The van der Waals surface area contributed by atoms with E-state index in [9.17, 15) is 14.7 Å². The molecule has 0 bridgehead atoms. The lowest BCUT2D eigenvalue weighted by Crippen LogP contribution is -2.43. The largest absolute Gasteiger partial charge is 0.506 e. The number of piperidine rings is 1. The van der Waals surface area contributed by atoms with Gasteiger partial charge in [0.1, 0.15) is 5.75 Å². The van der Waals surface area contributed by atoms with Gasteiger partial charge in [-0.15, -0.1) is 0 Å². The Morgan fingerprint density at radius 2 is 1.95 bits per heavy atom. The molecule has 1 aliphatic rings. The molecule has 1 saturated heterocycles. The van der Waals surface area contributed by atoms with E-state index in [1.165, 1.54) is 0 Å². The second-order valence-electron chi connectivity index (χ2n) is 5.92. The second-order valence-corrected chi connectivity index (χ2v) is 5.92. The van der Waals surface area contributed by atoms with E-state index in [0.717, 1.165) is 6.42 Å². The molecule has 2 rings (SSSR count). The van der Waals surface area contributed by atoms with E-state index >= 15 is 0 Å². The van der Waals surface area contributed by atoms with E-state index in [0.29, 0.717) is 31.6 Å². The van der Waals surface area contributed by atoms with Crippen LogP contribution in [0.3, 0.4) is 0 Å². The number of aromatic hydroxyl groups is 1. The summed E-state index contributed by atoms with van der Waals surface area (Å²) in [4.78, 5) is 26.3. The van der Waals surface area contributed by atoms with Crippen LogP contribution in [0.2, 0.25) is 0 Å². The number of carbonyl (C=O) groups is 2. The van der Waals surface area contributed by atoms with Gasteiger partial charge < -0.3 is 15.3 Å². The molecule has 1 fully saturated rings. The molecule has 1 aromatic rings. The fourth-order valence-electron chi connectivity index (χ4n) is 2.66. The van der Waals surface area contributed by atoms with E-state index < -0.39 is 0 Å². The summed E-state index contributed by atoms with van der Waals surface area (Å²) in [7, 11) is 0. The first-order valence-electron chi connectivity index (χ1n) is 7.90. The Balaban J connectivity index is 1.88. The lowest BCUT2D eigenvalue weighted by Gasteiger charge is -2.33. The number of hydrogen-bond acceptors (Lipinski definition) is 3. The van der Waals surface area contributed by atoms with Crippen LogP contribution in [0.1, 0.15) is 33.1 Å². The highest BCUT2D eigenvalue weighted by Gasteiger charge is 2.29. The maximum absolute atomic E-state index is 12.3. The minimum atomic E-state index is -0.111. The highest BCUT2D eigenvalue weighted by Crippen LogP contribution is 2.25. The molecule has 0 aliphatic carbocycles. The van der Waals surface area contributed by atoms with Gasteiger partial charge >= 0.3 is 0 Å². The Morgan fingerprint density at radius 1 is 1.32 bits per heavy atom. The highest BCUT2D eigenvalue weighted by molar-refractivity contribution is 5.94. The Labute approximate surface area is 131 Å². The van der Waals surface area contributed by atoms with Crippen LogP contribution in [-0.4, -0.2) is 34.9 Å². The van der Waals surface area contributed by atoms with Gasteiger partial charge in [-0.2, -0.15) is 0 Å². The minimum absolute atomic E-state index is 0.0478. The molecule has 22 heavy (non-hydrogen) atoms. The number of anilines is 1. The number of hydrogen-bond donors (Lipinski definition) is 2. The SMILES string of the molecule is CCC(C)C(=O)N1CCC(C(=O)Nc2ccccc2O)CC1. The molecule has 1 aliphatic heterocycles. The van der Waals surface area contributed by atoms with E-state index in [1.54, 1.807) is 24.3 Å². The molecule has 5 nitrogen and oxygen atoms in total. The molecule has 5 heteroatoms. The number of amides is 2. The summed E-state index contributed by atoms with van der Waals surface area (Å²) in [5.41, 5.74) is 0.436. The molecule has 2 N–H and O–H groups in total. The predicted molar refractivity (Wildman–Crippen MR) is 85.5 cm³/mol. The van der Waals surface area contributed by atoms with Crippen molar-refractivity contribution in [1.29, 1.82) is 0 Å². The van der Waals surface area contributed by atoms with Crippen LogP contribution in [0.25, 0.3) is 0 Å². The first-order valence-corrected chi connectivity index (χ1v) is 7.90. The number of nitrogens with zero attached hydrogens (tertiary/aromatic N) is 1. The summed E-state index contributed by atoms with van der Waals surface area (Å²) in [6, 6.07) is 6.70. The van der Waals surface area contributed by atoms with Crippen LogP contribution in [0.5, 0.6) is 5.75 Å². The van der Waals surface area contributed by atoms with E-state index in [4.69, 9.17) is 0 Å². The van der Waals surface area contributed by atoms with Crippen molar-refractivity contribution in [2.24, 2.45) is 11.8 Å². The summed E-state index contributed by atoms with van der Waals surface area (Å²) < 4.78 is 0. The second kappa shape index (κ2) is 7.29. The van der Waals surface area contributed by atoms with Crippen molar-refractivity contribution in [3.63, 3.8) is 0 Å². The van der Waals surface area contributed by atoms with Crippen LogP contribution in [0.4, 0.5) is 5.69 Å². The fourth-order valence-corrected chi connectivity index (χ4v) is 2.66. The Hall–Kier alpha value is -2.04. The van der Waals surface area contributed by atoms with Gasteiger partial charge in [0, 0.05) is 24.9 Å². The smallest absolute Gasteiger partial charge is 0.227 e. The van der Waals surface area contributed by atoms with Crippen LogP contribution >= 0.6 is 0 Å². The van der Waals surface area contributed by atoms with Gasteiger partial charge in [0.2, 0.25) is 11.8 Å². The molecule has 1 unspecified atom stereocenters. The highest BCUT2D eigenvalue weighted by atomic mass is 16.3. The van der Waals surface area contributed by atoms with Crippen molar-refractivity contribution in [1.82, 2.24) is 4.90 Å². The summed E-state index contributed by atoms with van der Waals surface area (Å²) in [5.74, 6) is 0.103. The number of nitrogens with one attached hydrogen (secondary N) is 1. The number of likely N-dealkylation sites (tertiary alicyclic amines) is 1. The summed E-state index contributed by atoms with van der Waals surface area (Å²) in [6.45, 7) is 5.21. The normalized spacial score (nSPS) is 17.1. The average molecular weight is 304 g/mol. The van der Waals surface area contributed by atoms with Gasteiger partial charge in [0.25, 0.3) is 0 Å². The van der Waals surface area contributed by atoms with Crippen molar-refractivity contribution < 1.29 is 14.7 Å². The molecule has 1 aromatic carbocycles. The third kappa shape index (κ3) is 3.78. The summed E-state index contributed by atoms with van der Waals surface area (Å²) in [6.07, 6.45) is 2.18. The molecular formula is C17H24N2O3. The topological polar surface area (TPSA) is 69.6 Å². The van der Waals surface area contributed by atoms with Crippen LogP contribution in [-0.2, 0) is 9.59 Å². The maximum atomic E-state index is 12.3. The number of rotatable bonds is 4. The molecule has 0 saturated carbocycles. The lowest BCUT2D eigenvalue weighted by molar-refractivity contribution is -0.138. The van der Waals surface area contributed by atoms with Crippen LogP contribution in [0, 0.1) is 11.8 Å². The van der Waals surface area contributed by atoms with Crippen molar-refractivity contribution >= 4 is 17.5 Å². The number of phenols is 1. The average Bonchev–Trinajstić information content (AvgIpc) is 2.55. The van der Waals surface area contributed by atoms with Crippen LogP contribution < -0.4 is 5.32 Å². The molecule has 1 atom stereocenters. The first kappa shape index (κ1) is 16.3. The molecule has 2 amide bonds. The number of carbonyl (C=O) groups excluding carboxylic acids is 2. The summed E-state index contributed by atoms with van der Waals surface area (Å²) in [5, 5.41) is 12.5. The summed E-state index contributed by atoms with van der Waals surface area (Å²) >= 11 is 0. The molecule has 120 valence electrons. The van der Waals surface area contributed by atoms with Gasteiger partial charge in [-0.3, -0.25) is 9.59 Å². The number of para-hydroxylation sites is 2. The molecule has 0 radical (unpaired) electrons. The van der Waals surface area contributed by atoms with Gasteiger partial charge in [-0.1, -0.05) is 26.0 Å². The fraction of sp³-hybridized carbons (Fsp3) is 0.529. The zero-order valence-electron chi connectivity index (χ0n) is 13.2. The monoisotopic (exact) mass is 304 g/mol.